The first-order valence-electron chi connectivity index (χ1n) is 7.67. The van der Waals surface area contributed by atoms with Crippen LogP contribution in [0.15, 0.2) is 30.7 Å². The van der Waals surface area contributed by atoms with Gasteiger partial charge in [0, 0.05) is 5.70 Å². The Kier molecular flexibility index (Phi) is 4.35. The number of anilines is 1. The minimum atomic E-state index is -0.503. The summed E-state index contributed by atoms with van der Waals surface area (Å²) < 4.78 is 17.9. The van der Waals surface area contributed by atoms with Gasteiger partial charge in [-0.2, -0.15) is 10.1 Å². The van der Waals surface area contributed by atoms with Gasteiger partial charge in [-0.15, -0.1) is 0 Å². The van der Waals surface area contributed by atoms with E-state index in [0.29, 0.717) is 28.9 Å². The van der Waals surface area contributed by atoms with Crippen molar-refractivity contribution in [1.82, 2.24) is 14.8 Å². The molecule has 0 spiro atoms. The van der Waals surface area contributed by atoms with Crippen LogP contribution in [0.1, 0.15) is 18.5 Å². The Balaban J connectivity index is 2.22. The molecule has 132 valence electrons. The lowest BCUT2D eigenvalue weighted by Gasteiger charge is -2.33. The molecule has 1 aromatic heterocycles. The third-order valence-corrected chi connectivity index (χ3v) is 4.27. The number of methoxy groups -OCH3 is 3. The van der Waals surface area contributed by atoms with Crippen LogP contribution in [0.2, 0.25) is 0 Å². The van der Waals surface area contributed by atoms with Crippen LogP contribution < -0.4 is 19.5 Å². The highest BCUT2D eigenvalue weighted by molar-refractivity contribution is 5.83. The fourth-order valence-electron chi connectivity index (χ4n) is 3.17. The number of fused-ring (bicyclic) bond motifs is 1. The number of nitrogens with one attached hydrogen (secondary N) is 1. The number of carbonyl (C=O) groups excluding carboxylic acids is 1. The van der Waals surface area contributed by atoms with E-state index in [1.807, 2.05) is 12.1 Å². The van der Waals surface area contributed by atoms with Crippen molar-refractivity contribution in [3.05, 3.63) is 36.3 Å². The molecule has 0 fully saturated rings. The first-order chi connectivity index (χ1) is 12.0. The SMILES string of the molecule is C=C1Nc2ncnn2C(c2cc(OC)c(OC)c(OC)c2)C1C(C)=O. The molecule has 2 heterocycles. The number of Topliss-reactive ketones (excluding diaryl/α,β-unsaturated/α-hetero) is 1. The molecule has 2 unspecified atom stereocenters. The topological polar surface area (TPSA) is 87.5 Å². The third-order valence-electron chi connectivity index (χ3n) is 4.27. The summed E-state index contributed by atoms with van der Waals surface area (Å²) in [5.74, 6) is 1.49. The van der Waals surface area contributed by atoms with Gasteiger partial charge < -0.3 is 19.5 Å². The van der Waals surface area contributed by atoms with Gasteiger partial charge in [0.15, 0.2) is 11.5 Å². The maximum atomic E-state index is 12.3. The van der Waals surface area contributed by atoms with Gasteiger partial charge in [-0.05, 0) is 24.6 Å². The van der Waals surface area contributed by atoms with Crippen molar-refractivity contribution >= 4 is 11.7 Å². The lowest BCUT2D eigenvalue weighted by molar-refractivity contribution is -0.120. The molecule has 1 aliphatic heterocycles. The lowest BCUT2D eigenvalue weighted by atomic mass is 9.86. The molecule has 8 nitrogen and oxygen atoms in total. The highest BCUT2D eigenvalue weighted by Crippen LogP contribution is 2.44. The number of benzene rings is 1. The minimum Gasteiger partial charge on any atom is -0.493 e. The first kappa shape index (κ1) is 16.8. The van der Waals surface area contributed by atoms with Crippen LogP contribution in [0, 0.1) is 5.92 Å². The third kappa shape index (κ3) is 2.69. The molecule has 0 saturated carbocycles. The quantitative estimate of drug-likeness (QED) is 0.888. The summed E-state index contributed by atoms with van der Waals surface area (Å²) in [6.07, 6.45) is 1.43. The summed E-state index contributed by atoms with van der Waals surface area (Å²) in [7, 11) is 4.64. The summed E-state index contributed by atoms with van der Waals surface area (Å²) >= 11 is 0. The summed E-state index contributed by atoms with van der Waals surface area (Å²) in [5.41, 5.74) is 1.36. The van der Waals surface area contributed by atoms with Crippen molar-refractivity contribution in [2.45, 2.75) is 13.0 Å². The summed E-state index contributed by atoms with van der Waals surface area (Å²) in [5, 5.41) is 7.31. The molecular formula is C17H20N4O4. The smallest absolute Gasteiger partial charge is 0.226 e. The molecule has 0 amide bonds. The van der Waals surface area contributed by atoms with E-state index >= 15 is 0 Å². The Bertz CT molecular complexity index is 805. The number of nitrogens with zero attached hydrogens (tertiary/aromatic N) is 3. The zero-order valence-electron chi connectivity index (χ0n) is 14.6. The van der Waals surface area contributed by atoms with E-state index in [1.165, 1.54) is 13.3 Å². The molecule has 0 aliphatic carbocycles. The maximum Gasteiger partial charge on any atom is 0.226 e. The van der Waals surface area contributed by atoms with Crippen LogP contribution in [0.25, 0.3) is 0 Å². The van der Waals surface area contributed by atoms with Crippen LogP contribution in [0.5, 0.6) is 17.2 Å². The molecule has 25 heavy (non-hydrogen) atoms. The van der Waals surface area contributed by atoms with Gasteiger partial charge in [-0.1, -0.05) is 6.58 Å². The Labute approximate surface area is 145 Å². The van der Waals surface area contributed by atoms with Gasteiger partial charge in [0.25, 0.3) is 0 Å². The lowest BCUT2D eigenvalue weighted by Crippen LogP contribution is -2.36. The predicted molar refractivity (Wildman–Crippen MR) is 91.2 cm³/mol. The first-order valence-corrected chi connectivity index (χ1v) is 7.67. The highest BCUT2D eigenvalue weighted by atomic mass is 16.5. The normalized spacial score (nSPS) is 19.0. The summed E-state index contributed by atoms with van der Waals surface area (Å²) in [4.78, 5) is 16.5. The van der Waals surface area contributed by atoms with Crippen LogP contribution in [0.4, 0.5) is 5.95 Å². The Morgan fingerprint density at radius 2 is 1.84 bits per heavy atom. The fourth-order valence-corrected chi connectivity index (χ4v) is 3.17. The summed E-state index contributed by atoms with van der Waals surface area (Å²) in [6.45, 7) is 5.52. The maximum absolute atomic E-state index is 12.3. The average molecular weight is 344 g/mol. The van der Waals surface area contributed by atoms with E-state index in [9.17, 15) is 4.79 Å². The number of rotatable bonds is 5. The van der Waals surface area contributed by atoms with Crippen LogP contribution in [-0.4, -0.2) is 41.9 Å². The molecule has 3 rings (SSSR count). The van der Waals surface area contributed by atoms with Gasteiger partial charge in [0.2, 0.25) is 11.7 Å². The van der Waals surface area contributed by atoms with Crippen molar-refractivity contribution in [2.24, 2.45) is 5.92 Å². The van der Waals surface area contributed by atoms with Crippen molar-refractivity contribution in [3.8, 4) is 17.2 Å². The number of carbonyl (C=O) groups is 1. The van der Waals surface area contributed by atoms with E-state index in [4.69, 9.17) is 14.2 Å². The molecule has 0 bridgehead atoms. The molecule has 1 aromatic carbocycles. The molecule has 1 aliphatic rings. The van der Waals surface area contributed by atoms with Crippen molar-refractivity contribution in [3.63, 3.8) is 0 Å². The van der Waals surface area contributed by atoms with Gasteiger partial charge in [-0.3, -0.25) is 4.79 Å². The van der Waals surface area contributed by atoms with Gasteiger partial charge >= 0.3 is 0 Å². The molecular weight excluding hydrogens is 324 g/mol. The molecule has 2 aromatic rings. The second kappa shape index (κ2) is 6.46. The van der Waals surface area contributed by atoms with Gasteiger partial charge in [0.1, 0.15) is 12.1 Å². The van der Waals surface area contributed by atoms with E-state index in [-0.39, 0.29) is 5.78 Å². The second-order valence-corrected chi connectivity index (χ2v) is 5.67. The van der Waals surface area contributed by atoms with E-state index in [0.717, 1.165) is 5.56 Å². The summed E-state index contributed by atoms with van der Waals surface area (Å²) in [6, 6.07) is 3.20. The van der Waals surface area contributed by atoms with Crippen LogP contribution >= 0.6 is 0 Å². The van der Waals surface area contributed by atoms with E-state index < -0.39 is 12.0 Å². The second-order valence-electron chi connectivity index (χ2n) is 5.67. The number of hydrogen-bond donors (Lipinski definition) is 1. The minimum absolute atomic E-state index is 0.0302. The number of hydrogen-bond acceptors (Lipinski definition) is 7. The largest absolute Gasteiger partial charge is 0.493 e. The average Bonchev–Trinajstić information content (AvgIpc) is 3.06. The Morgan fingerprint density at radius 3 is 2.36 bits per heavy atom. The van der Waals surface area contributed by atoms with E-state index in [2.05, 4.69) is 22.0 Å². The van der Waals surface area contributed by atoms with Crippen molar-refractivity contribution in [1.29, 1.82) is 0 Å². The number of aromatic nitrogens is 3. The fraction of sp³-hybridized carbons (Fsp3) is 0.353. The van der Waals surface area contributed by atoms with Gasteiger partial charge in [0.05, 0.1) is 33.3 Å². The van der Waals surface area contributed by atoms with Crippen LogP contribution in [-0.2, 0) is 4.79 Å². The van der Waals surface area contributed by atoms with Crippen LogP contribution in [0.3, 0.4) is 0 Å². The molecule has 0 saturated heterocycles. The van der Waals surface area contributed by atoms with Crippen molar-refractivity contribution in [2.75, 3.05) is 26.6 Å². The number of ketones is 1. The zero-order valence-corrected chi connectivity index (χ0v) is 14.6. The number of ether oxygens (including phenoxy) is 3. The zero-order chi connectivity index (χ0) is 18.1. The Hall–Kier alpha value is -3.03. The predicted octanol–water partition coefficient (Wildman–Crippen LogP) is 2.04. The Morgan fingerprint density at radius 1 is 1.20 bits per heavy atom. The molecule has 2 atom stereocenters. The standard InChI is InChI=1S/C17H20N4O4/c1-9-14(10(2)22)15(21-17(20-9)18-8-19-21)11-6-12(23-3)16(25-5)13(7-11)24-4/h6-8,14-15H,1H2,2-5H3,(H,18,19,20). The molecule has 1 N–H and O–H groups in total. The molecule has 8 heteroatoms. The monoisotopic (exact) mass is 344 g/mol. The highest BCUT2D eigenvalue weighted by Gasteiger charge is 2.38. The van der Waals surface area contributed by atoms with E-state index in [1.54, 1.807) is 26.0 Å². The van der Waals surface area contributed by atoms with Gasteiger partial charge in [-0.25, -0.2) is 4.68 Å². The number of allylic oxidation sites excluding steroid dienone is 1. The molecule has 0 radical (unpaired) electrons. The van der Waals surface area contributed by atoms with Crippen molar-refractivity contribution < 1.29 is 19.0 Å².